The van der Waals surface area contributed by atoms with Crippen molar-refractivity contribution in [2.24, 2.45) is 10.9 Å². The normalized spacial score (nSPS) is 16.6. The number of nitrogens with zero attached hydrogens (tertiary/aromatic N) is 4. The molecule has 3 heterocycles. The summed E-state index contributed by atoms with van der Waals surface area (Å²) in [4.78, 5) is 11.6. The van der Waals surface area contributed by atoms with E-state index in [-0.39, 0.29) is 0 Å². The molecule has 2 aromatic heterocycles. The van der Waals surface area contributed by atoms with Crippen molar-refractivity contribution in [1.82, 2.24) is 25.4 Å². The molecular weight excluding hydrogens is 304 g/mol. The van der Waals surface area contributed by atoms with E-state index < -0.39 is 0 Å². The number of piperidine rings is 1. The van der Waals surface area contributed by atoms with E-state index in [0.29, 0.717) is 18.1 Å². The lowest BCUT2D eigenvalue weighted by molar-refractivity contribution is 0.273. The second-order valence-electron chi connectivity index (χ2n) is 6.24. The minimum atomic E-state index is 0.593. The number of aromatic nitrogens is 3. The van der Waals surface area contributed by atoms with Gasteiger partial charge in [-0.3, -0.25) is 10.1 Å². The Morgan fingerprint density at radius 3 is 3.00 bits per heavy atom. The van der Waals surface area contributed by atoms with Crippen LogP contribution in [0.2, 0.25) is 0 Å². The lowest BCUT2D eigenvalue weighted by Gasteiger charge is -2.32. The molecule has 0 amide bonds. The zero-order valence-corrected chi connectivity index (χ0v) is 14.5. The molecule has 0 bridgehead atoms. The van der Waals surface area contributed by atoms with Gasteiger partial charge in [0.2, 0.25) is 5.82 Å². The molecular formula is C17H26N6O. The first-order valence-corrected chi connectivity index (χ1v) is 8.74. The highest BCUT2D eigenvalue weighted by molar-refractivity contribution is 5.80. The molecule has 0 atom stereocenters. The molecule has 0 aliphatic carbocycles. The molecule has 0 radical (unpaired) electrons. The van der Waals surface area contributed by atoms with Gasteiger partial charge in [-0.05, 0) is 37.8 Å². The number of H-pyrrole nitrogens is 1. The molecule has 2 aromatic rings. The van der Waals surface area contributed by atoms with Gasteiger partial charge in [-0.2, -0.15) is 5.10 Å². The van der Waals surface area contributed by atoms with E-state index >= 15 is 0 Å². The van der Waals surface area contributed by atoms with Gasteiger partial charge in [0.1, 0.15) is 5.82 Å². The van der Waals surface area contributed by atoms with E-state index in [1.165, 1.54) is 12.8 Å². The smallest absolute Gasteiger partial charge is 0.216 e. The Balaban J connectivity index is 1.56. The van der Waals surface area contributed by atoms with Crippen LogP contribution in [-0.4, -0.2) is 52.2 Å². The molecule has 1 saturated heterocycles. The highest BCUT2D eigenvalue weighted by atomic mass is 16.3. The molecule has 0 saturated carbocycles. The quantitative estimate of drug-likeness (QED) is 0.649. The highest BCUT2D eigenvalue weighted by Crippen LogP contribution is 2.16. The Hall–Kier alpha value is -2.31. The van der Waals surface area contributed by atoms with Gasteiger partial charge in [0.05, 0.1) is 6.26 Å². The minimum Gasteiger partial charge on any atom is -0.461 e. The fourth-order valence-corrected chi connectivity index (χ4v) is 2.84. The van der Waals surface area contributed by atoms with Crippen molar-refractivity contribution in [2.75, 3.05) is 26.2 Å². The van der Waals surface area contributed by atoms with Crippen molar-refractivity contribution in [3.63, 3.8) is 0 Å². The fraction of sp³-hybridized carbons (Fsp3) is 0.588. The van der Waals surface area contributed by atoms with Crippen LogP contribution in [0.15, 0.2) is 27.8 Å². The third-order valence-corrected chi connectivity index (χ3v) is 4.30. The van der Waals surface area contributed by atoms with Gasteiger partial charge in [-0.25, -0.2) is 4.98 Å². The Morgan fingerprint density at radius 1 is 1.46 bits per heavy atom. The molecule has 7 nitrogen and oxygen atoms in total. The van der Waals surface area contributed by atoms with Crippen LogP contribution in [0.1, 0.15) is 32.5 Å². The monoisotopic (exact) mass is 330 g/mol. The number of likely N-dealkylation sites (tertiary alicyclic amines) is 1. The van der Waals surface area contributed by atoms with Gasteiger partial charge in [-0.15, -0.1) is 0 Å². The number of guanidine groups is 1. The maximum atomic E-state index is 5.31. The summed E-state index contributed by atoms with van der Waals surface area (Å²) in [6.45, 7) is 8.16. The molecule has 24 heavy (non-hydrogen) atoms. The van der Waals surface area contributed by atoms with Crippen LogP contribution in [0.4, 0.5) is 0 Å². The van der Waals surface area contributed by atoms with Crippen LogP contribution in [-0.2, 0) is 6.42 Å². The molecule has 2 N–H and O–H groups in total. The maximum Gasteiger partial charge on any atom is 0.216 e. The number of hydrogen-bond acceptors (Lipinski definition) is 4. The van der Waals surface area contributed by atoms with Crippen LogP contribution in [0.3, 0.4) is 0 Å². The van der Waals surface area contributed by atoms with Crippen LogP contribution in [0, 0.1) is 5.92 Å². The molecule has 1 aliphatic rings. The Kier molecular flexibility index (Phi) is 5.51. The number of aliphatic imine (C=N–C) groups is 1. The van der Waals surface area contributed by atoms with Gasteiger partial charge in [0, 0.05) is 32.6 Å². The third kappa shape index (κ3) is 4.15. The topological polar surface area (TPSA) is 82.3 Å². The van der Waals surface area contributed by atoms with Crippen molar-refractivity contribution in [3.05, 3.63) is 24.2 Å². The molecule has 0 unspecified atom stereocenters. The fourth-order valence-electron chi connectivity index (χ4n) is 2.84. The zero-order valence-electron chi connectivity index (χ0n) is 14.5. The molecule has 7 heteroatoms. The van der Waals surface area contributed by atoms with Gasteiger partial charge >= 0.3 is 0 Å². The summed E-state index contributed by atoms with van der Waals surface area (Å²) in [6, 6.07) is 3.68. The van der Waals surface area contributed by atoms with Gasteiger partial charge in [0.25, 0.3) is 0 Å². The Labute approximate surface area is 142 Å². The minimum absolute atomic E-state index is 0.593. The van der Waals surface area contributed by atoms with Crippen molar-refractivity contribution in [2.45, 2.75) is 33.1 Å². The Bertz CT molecular complexity index is 640. The van der Waals surface area contributed by atoms with E-state index in [1.54, 1.807) is 6.26 Å². The summed E-state index contributed by atoms with van der Waals surface area (Å²) in [5.41, 5.74) is 0. The van der Waals surface area contributed by atoms with Crippen LogP contribution < -0.4 is 5.32 Å². The first-order valence-electron chi connectivity index (χ1n) is 8.74. The predicted octanol–water partition coefficient (Wildman–Crippen LogP) is 2.30. The number of furan rings is 1. The van der Waals surface area contributed by atoms with Gasteiger partial charge < -0.3 is 14.6 Å². The lowest BCUT2D eigenvalue weighted by atomic mass is 10.00. The summed E-state index contributed by atoms with van der Waals surface area (Å²) in [5, 5.41) is 10.5. The van der Waals surface area contributed by atoms with E-state index in [0.717, 1.165) is 43.8 Å². The second-order valence-corrected chi connectivity index (χ2v) is 6.24. The Morgan fingerprint density at radius 2 is 2.29 bits per heavy atom. The summed E-state index contributed by atoms with van der Waals surface area (Å²) < 4.78 is 5.31. The maximum absolute atomic E-state index is 5.31. The molecule has 0 spiro atoms. The first kappa shape index (κ1) is 16.5. The van der Waals surface area contributed by atoms with E-state index in [2.05, 4.69) is 39.2 Å². The van der Waals surface area contributed by atoms with Crippen LogP contribution in [0.5, 0.6) is 0 Å². The van der Waals surface area contributed by atoms with Crippen molar-refractivity contribution in [1.29, 1.82) is 0 Å². The SMILES string of the molecule is CCNC(=NCCc1nc(-c2ccco2)n[nH]1)N1CCC(C)CC1. The number of rotatable bonds is 5. The second kappa shape index (κ2) is 7.99. The van der Waals surface area contributed by atoms with E-state index in [1.807, 2.05) is 12.1 Å². The lowest BCUT2D eigenvalue weighted by Crippen LogP contribution is -2.45. The largest absolute Gasteiger partial charge is 0.461 e. The van der Waals surface area contributed by atoms with Crippen molar-refractivity contribution >= 4 is 5.96 Å². The molecule has 1 fully saturated rings. The molecule has 0 aromatic carbocycles. The van der Waals surface area contributed by atoms with Gasteiger partial charge in [0.15, 0.2) is 11.7 Å². The first-order chi connectivity index (χ1) is 11.8. The van der Waals surface area contributed by atoms with E-state index in [9.17, 15) is 0 Å². The average molecular weight is 330 g/mol. The predicted molar refractivity (Wildman–Crippen MR) is 93.7 cm³/mol. The van der Waals surface area contributed by atoms with Crippen LogP contribution in [0.25, 0.3) is 11.6 Å². The molecule has 1 aliphatic heterocycles. The summed E-state index contributed by atoms with van der Waals surface area (Å²) in [6.07, 6.45) is 4.82. The number of hydrogen-bond donors (Lipinski definition) is 2. The van der Waals surface area contributed by atoms with Crippen molar-refractivity contribution in [3.8, 4) is 11.6 Å². The number of nitrogens with one attached hydrogen (secondary N) is 2. The van der Waals surface area contributed by atoms with E-state index in [4.69, 9.17) is 9.41 Å². The summed E-state index contributed by atoms with van der Waals surface area (Å²) in [7, 11) is 0. The zero-order chi connectivity index (χ0) is 16.8. The summed E-state index contributed by atoms with van der Waals surface area (Å²) >= 11 is 0. The highest BCUT2D eigenvalue weighted by Gasteiger charge is 2.18. The third-order valence-electron chi connectivity index (χ3n) is 4.30. The van der Waals surface area contributed by atoms with Crippen LogP contribution >= 0.6 is 0 Å². The molecule has 130 valence electrons. The average Bonchev–Trinajstić information content (AvgIpc) is 3.26. The number of aromatic amines is 1. The standard InChI is InChI=1S/C17H26N6O/c1-3-18-17(23-10-7-13(2)8-11-23)19-9-6-15-20-16(22-21-15)14-5-4-12-24-14/h4-5,12-13H,3,6-11H2,1-2H3,(H,18,19)(H,20,21,22). The molecule has 3 rings (SSSR count). The summed E-state index contributed by atoms with van der Waals surface area (Å²) in [5.74, 6) is 3.93. The van der Waals surface area contributed by atoms with Crippen molar-refractivity contribution < 1.29 is 4.42 Å². The van der Waals surface area contributed by atoms with Gasteiger partial charge in [-0.1, -0.05) is 6.92 Å².